The quantitative estimate of drug-likeness (QED) is 0.0298. The van der Waals surface area contributed by atoms with Crippen LogP contribution in [0.4, 0.5) is 0 Å². The number of oxazole rings is 1. The second kappa shape index (κ2) is 39.9. The number of ether oxygens (including phenoxy) is 6. The van der Waals surface area contributed by atoms with E-state index in [2.05, 4.69) is 42.5 Å². The Bertz CT molecular complexity index is 5970. The van der Waals surface area contributed by atoms with E-state index < -0.39 is 231 Å². The third-order valence-corrected chi connectivity index (χ3v) is 25.2. The number of carboxylic acid groups (broad SMARTS) is 1. The topological polar surface area (TPSA) is 522 Å². The Morgan fingerprint density at radius 1 is 0.636 bits per heavy atom. The number of rotatable bonds is 21. The number of carbonyl (C=O) groups is 8. The number of aliphatic hydroxyl groups excluding tert-OH is 5. The van der Waals surface area contributed by atoms with E-state index in [-0.39, 0.29) is 63.7 Å². The normalized spacial score (nSPS) is 25.2. The molecule has 2 fully saturated rings. The molecule has 7 aliphatic heterocycles. The number of primary amides is 1. The van der Waals surface area contributed by atoms with E-state index in [0.717, 1.165) is 89.1 Å². The minimum Gasteiger partial charge on any atom is -0.508 e. The first kappa shape index (κ1) is 94.2. The smallest absolute Gasteiger partial charge is 0.330 e. The number of aliphatic carboxylic acids is 1. The van der Waals surface area contributed by atoms with Gasteiger partial charge in [-0.2, -0.15) is 0 Å². The number of carboxylic acids is 1. The monoisotopic (exact) mass is 1880 g/mol. The van der Waals surface area contributed by atoms with E-state index in [1.54, 1.807) is 26.0 Å². The van der Waals surface area contributed by atoms with Crippen LogP contribution in [-0.2, 0) is 59.1 Å². The fourth-order valence-electron chi connectivity index (χ4n) is 16.5. The predicted octanol–water partition coefficient (Wildman–Crippen LogP) is 9.38. The highest BCUT2D eigenvalue weighted by Crippen LogP contribution is 2.51. The number of aromatic hydroxyl groups is 3. The molecule has 2 saturated heterocycles. The molecule has 0 radical (unpaired) electrons. The van der Waals surface area contributed by atoms with E-state index in [1.165, 1.54) is 25.2 Å². The highest BCUT2D eigenvalue weighted by molar-refractivity contribution is 7.99. The SMILES string of the molecule is CN[C@H](CC(C)C)C(=O)N[C@H]1C(=O)N[C@@H](CC(N)=O)C(=O)NC2C(=O)NC3C(=O)N[C@H](C(=O)N[C@@H](C(=O)O)c4cc(O)cc(O)c4-c4cc3ccc4O)[C@H](O)c3ccc(c(Cl)c3)Oc3cc2cc(c3OC2OC(CSc3nc(-c4ccccc4)c(-c4ccccc4)o3)C(O)C(O)C2OC2CC(C)(NCc3ccc(-c4ccc(Cl)cc4)cc3)C(O)C(C)O2)Oc2ccc(cc2Cl)[C@H]1O. The van der Waals surface area contributed by atoms with Gasteiger partial charge in [-0.1, -0.05) is 176 Å². The number of aliphatic hydroxyl groups is 5. The Balaban J connectivity index is 0.912. The number of phenols is 3. The number of nitrogens with two attached hydrogens (primary N) is 1. The molecule has 0 saturated carbocycles. The van der Waals surface area contributed by atoms with Gasteiger partial charge in [0.15, 0.2) is 35.7 Å². The lowest BCUT2D eigenvalue weighted by Gasteiger charge is -2.48. The van der Waals surface area contributed by atoms with Crippen molar-refractivity contribution >= 4 is 93.9 Å². The molecule has 0 aliphatic carbocycles. The van der Waals surface area contributed by atoms with Gasteiger partial charge in [0, 0.05) is 63.2 Å². The van der Waals surface area contributed by atoms with Gasteiger partial charge in [-0.05, 0) is 139 Å². The lowest BCUT2D eigenvalue weighted by Crippen LogP contribution is -2.65. The second-order valence-electron chi connectivity index (χ2n) is 33.2. The van der Waals surface area contributed by atoms with Crippen LogP contribution in [-0.4, -0.2) is 190 Å². The number of thioether (sulfide) groups is 1. The lowest BCUT2D eigenvalue weighted by molar-refractivity contribution is -0.330. The second-order valence-corrected chi connectivity index (χ2v) is 35.4. The van der Waals surface area contributed by atoms with Crippen molar-refractivity contribution in [3.05, 3.63) is 237 Å². The number of fused-ring (bicyclic) bond motifs is 15. The highest BCUT2D eigenvalue weighted by Gasteiger charge is 2.53. The molecule has 34 nitrogen and oxygen atoms in total. The predicted molar refractivity (Wildman–Crippen MR) is 480 cm³/mol. The number of nitrogens with one attached hydrogen (secondary N) is 8. The van der Waals surface area contributed by atoms with Crippen LogP contribution >= 0.6 is 46.6 Å². The fourth-order valence-corrected chi connectivity index (χ4v) is 17.9. The van der Waals surface area contributed by atoms with Gasteiger partial charge in [-0.15, -0.1) is 0 Å². The Morgan fingerprint density at radius 2 is 1.24 bits per heavy atom. The number of aromatic nitrogens is 1. The summed E-state index contributed by atoms with van der Waals surface area (Å²) in [5.74, 6) is -15.9. The summed E-state index contributed by atoms with van der Waals surface area (Å²) in [5.41, 5.74) is 6.20. The van der Waals surface area contributed by atoms with Crippen LogP contribution in [0.5, 0.6) is 46.0 Å². The first-order valence-corrected chi connectivity index (χ1v) is 44.1. The molecule has 7 aliphatic rings. The number of benzene rings is 9. The zero-order valence-corrected chi connectivity index (χ0v) is 74.1. The van der Waals surface area contributed by atoms with Gasteiger partial charge in [0.25, 0.3) is 5.22 Å². The summed E-state index contributed by atoms with van der Waals surface area (Å²) in [6.45, 7) is 7.19. The molecule has 19 N–H and O–H groups in total. The minimum absolute atomic E-state index is 0.0805. The van der Waals surface area contributed by atoms with Crippen LogP contribution in [0.2, 0.25) is 15.1 Å². The zero-order chi connectivity index (χ0) is 94.0. The highest BCUT2D eigenvalue weighted by atomic mass is 35.5. The lowest BCUT2D eigenvalue weighted by atomic mass is 9.84. The third-order valence-electron chi connectivity index (χ3n) is 23.4. The van der Waals surface area contributed by atoms with Crippen molar-refractivity contribution in [2.24, 2.45) is 11.7 Å². The van der Waals surface area contributed by atoms with Crippen molar-refractivity contribution in [1.29, 1.82) is 0 Å². The number of carbonyl (C=O) groups excluding carboxylic acids is 7. The number of hydrogen-bond acceptors (Lipinski definition) is 27. The van der Waals surface area contributed by atoms with Crippen molar-refractivity contribution in [1.82, 2.24) is 47.5 Å². The van der Waals surface area contributed by atoms with E-state index in [4.69, 9.17) is 78.4 Å². The zero-order valence-electron chi connectivity index (χ0n) is 71.0. The number of phenolic OH excluding ortho intramolecular Hbond substituents is 3. The van der Waals surface area contributed by atoms with E-state index >= 15 is 24.0 Å². The minimum atomic E-state index is -2.38. The fraction of sp³-hybridized carbons (Fsp3) is 0.309. The maximum Gasteiger partial charge on any atom is 0.330 e. The number of likely N-dealkylation sites (N-methyl/N-ethyl adjacent to an activating group) is 1. The molecule has 690 valence electrons. The van der Waals surface area contributed by atoms with Gasteiger partial charge in [0.2, 0.25) is 53.4 Å². The van der Waals surface area contributed by atoms with Gasteiger partial charge in [0.05, 0.1) is 40.8 Å². The Hall–Kier alpha value is -12.4. The molecule has 8 heterocycles. The Kier molecular flexibility index (Phi) is 28.5. The van der Waals surface area contributed by atoms with Gasteiger partial charge in [-0.3, -0.25) is 33.6 Å². The van der Waals surface area contributed by atoms with Gasteiger partial charge >= 0.3 is 5.97 Å². The molecule has 11 unspecified atom stereocenters. The van der Waals surface area contributed by atoms with Crippen molar-refractivity contribution < 1.29 is 117 Å². The summed E-state index contributed by atoms with van der Waals surface area (Å²) in [4.78, 5) is 125. The van der Waals surface area contributed by atoms with Gasteiger partial charge < -0.3 is 127 Å². The van der Waals surface area contributed by atoms with Gasteiger partial charge in [-0.25, -0.2) is 9.78 Å². The van der Waals surface area contributed by atoms with E-state index in [1.807, 2.05) is 111 Å². The van der Waals surface area contributed by atoms with Crippen LogP contribution in [0.15, 0.2) is 198 Å². The summed E-state index contributed by atoms with van der Waals surface area (Å²) in [6.07, 6.45) is -18.6. The van der Waals surface area contributed by atoms with Crippen molar-refractivity contribution in [2.45, 2.75) is 168 Å². The number of halogens is 3. The largest absolute Gasteiger partial charge is 0.508 e. The molecule has 38 heteroatoms. The number of hydrogen-bond donors (Lipinski definition) is 18. The molecule has 17 rings (SSSR count). The first-order valence-electron chi connectivity index (χ1n) is 42.0. The van der Waals surface area contributed by atoms with Crippen LogP contribution in [0.3, 0.4) is 0 Å². The molecule has 9 aromatic carbocycles. The summed E-state index contributed by atoms with van der Waals surface area (Å²) < 4.78 is 47.8. The van der Waals surface area contributed by atoms with Crippen molar-refractivity contribution in [3.63, 3.8) is 0 Å². The summed E-state index contributed by atoms with van der Waals surface area (Å²) in [6, 6.07) is 32.9. The van der Waals surface area contributed by atoms with Crippen LogP contribution in [0, 0.1) is 5.92 Å². The van der Waals surface area contributed by atoms with Crippen LogP contribution in [0.25, 0.3) is 44.8 Å². The van der Waals surface area contributed by atoms with E-state index in [0.29, 0.717) is 27.6 Å². The molecule has 132 heavy (non-hydrogen) atoms. The molecule has 0 spiro atoms. The standard InChI is InChI=1S/C94H93Cl3N10O24S/c1-42(2)30-59(99-5)85(117)105-75-77(112)50-23-28-63(57(96)32-50)126-65-34-52-35-66(127-64-29-24-51(33-58(64)97)78(113)76-90(122)104-74(91(123)124)56-36-54(108)37-62(110)70(56)55-31-49(22-27-61(55)109)72(87(119)106-76)103-88(120)73(52)102-86(118)60(38-68(98)111)101-89(75)121)82(65)130-92-83(129-69-39-94(4,84(116)43(3)125-69)100-40-44-16-18-45(19-17-44)46-20-25-53(95)26-21-46)80(115)79(114)67(128-92)41-132-93-107-71(47-12-8-6-9-13-47)81(131-93)48-14-10-7-11-15-48/h6-29,31-37,42-43,59-60,67,69,72-80,83-84,92,99-100,108-110,112-116H,30,38-41H2,1-5H3,(H2,98,111)(H,101,121)(H,102,118)(H,103,120)(H,104,122)(H,105,117)(H,106,119)(H,123,124)/t43?,59-,60+,67?,69?,72?,73?,74-,75-,76+,77-,78-,79?,80?,83?,84?,92?,94?/m1/s1. The number of amides is 7. The van der Waals surface area contributed by atoms with Gasteiger partial charge in [0.1, 0.15) is 89.1 Å². The summed E-state index contributed by atoms with van der Waals surface area (Å²) >= 11 is 21.8. The van der Waals surface area contributed by atoms with Crippen LogP contribution < -0.4 is 62.5 Å². The first-order chi connectivity index (χ1) is 63.1. The molecule has 11 bridgehead atoms. The Labute approximate surface area is 773 Å². The molecule has 7 amide bonds. The van der Waals surface area contributed by atoms with Crippen molar-refractivity contribution in [3.8, 4) is 90.8 Å². The maximum absolute atomic E-state index is 16.5. The average molecular weight is 1890 g/mol. The summed E-state index contributed by atoms with van der Waals surface area (Å²) in [7, 11) is 1.48. The van der Waals surface area contributed by atoms with E-state index in [9.17, 15) is 60.3 Å². The average Bonchev–Trinajstić information content (AvgIpc) is 0.853. The third kappa shape index (κ3) is 20.6. The molecular weight excluding hydrogens is 1790 g/mol. The molecule has 18 atom stereocenters. The van der Waals surface area contributed by atoms with Crippen molar-refractivity contribution in [2.75, 3.05) is 12.8 Å². The molecule has 10 aromatic rings. The maximum atomic E-state index is 16.5. The summed E-state index contributed by atoms with van der Waals surface area (Å²) in [5, 5.41) is 130. The Morgan fingerprint density at radius 3 is 1.86 bits per heavy atom. The number of nitrogens with zero attached hydrogens (tertiary/aromatic N) is 1. The van der Waals surface area contributed by atoms with Crippen LogP contribution in [0.1, 0.15) is 111 Å². The molecule has 1 aromatic heterocycles. The molecular formula is C94H93Cl3N10O24S.